The van der Waals surface area contributed by atoms with Crippen LogP contribution in [0.15, 0.2) is 42.7 Å². The normalized spacial score (nSPS) is 10.1. The Hall–Kier alpha value is -2.16. The van der Waals surface area contributed by atoms with Gasteiger partial charge in [-0.05, 0) is 36.2 Å². The highest BCUT2D eigenvalue weighted by Gasteiger charge is 2.08. The molecule has 0 saturated heterocycles. The minimum absolute atomic E-state index is 0.0689. The van der Waals surface area contributed by atoms with Gasteiger partial charge >= 0.3 is 0 Å². The van der Waals surface area contributed by atoms with Gasteiger partial charge in [0.1, 0.15) is 5.75 Å². The lowest BCUT2D eigenvalue weighted by molar-refractivity contribution is 0.0992. The molecule has 2 aromatic rings. The molecule has 1 aromatic carbocycles. The molecule has 0 aliphatic heterocycles. The highest BCUT2D eigenvalue weighted by molar-refractivity contribution is 5.97. The third kappa shape index (κ3) is 2.94. The van der Waals surface area contributed by atoms with Gasteiger partial charge in [0.05, 0.1) is 7.11 Å². The van der Waals surface area contributed by atoms with Crippen LogP contribution in [-0.4, -0.2) is 17.9 Å². The number of methoxy groups -OCH3 is 1. The number of ether oxygens (including phenoxy) is 1. The molecule has 0 spiro atoms. The van der Waals surface area contributed by atoms with Gasteiger partial charge in [-0.25, -0.2) is 0 Å². The Kier molecular flexibility index (Phi) is 3.72. The summed E-state index contributed by atoms with van der Waals surface area (Å²) in [4.78, 5) is 16.1. The molecule has 0 unspecified atom stereocenters. The van der Waals surface area contributed by atoms with Crippen LogP contribution in [0.3, 0.4) is 0 Å². The average molecular weight is 241 g/mol. The van der Waals surface area contributed by atoms with E-state index in [1.54, 1.807) is 19.5 Å². The Morgan fingerprint density at radius 3 is 2.83 bits per heavy atom. The fourth-order valence-electron chi connectivity index (χ4n) is 1.78. The minimum atomic E-state index is 0.0689. The van der Waals surface area contributed by atoms with Gasteiger partial charge in [0.25, 0.3) is 0 Å². The van der Waals surface area contributed by atoms with Crippen molar-refractivity contribution >= 4 is 5.78 Å². The number of nitrogens with zero attached hydrogens (tertiary/aromatic N) is 1. The molecule has 3 nitrogen and oxygen atoms in total. The molecular weight excluding hydrogens is 226 g/mol. The maximum Gasteiger partial charge on any atom is 0.168 e. The van der Waals surface area contributed by atoms with Crippen LogP contribution in [-0.2, 0) is 6.42 Å². The van der Waals surface area contributed by atoms with E-state index in [1.165, 1.54) is 0 Å². The molecule has 0 fully saturated rings. The number of carbonyl (C=O) groups excluding carboxylic acids is 1. The summed E-state index contributed by atoms with van der Waals surface area (Å²) >= 11 is 0. The standard InChI is InChI=1S/C15H15NO2/c1-11-6-13(10-16-9-11)15(17)8-12-4-3-5-14(7-12)18-2/h3-7,9-10H,8H2,1-2H3. The molecule has 1 heterocycles. The molecule has 0 atom stereocenters. The van der Waals surface area contributed by atoms with Crippen molar-refractivity contribution < 1.29 is 9.53 Å². The number of hydrogen-bond acceptors (Lipinski definition) is 3. The largest absolute Gasteiger partial charge is 0.497 e. The lowest BCUT2D eigenvalue weighted by Gasteiger charge is -2.04. The summed E-state index contributed by atoms with van der Waals surface area (Å²) in [6.07, 6.45) is 3.71. The predicted octanol–water partition coefficient (Wildman–Crippen LogP) is 2.82. The maximum atomic E-state index is 12.1. The molecule has 0 aliphatic rings. The molecule has 3 heteroatoms. The van der Waals surface area contributed by atoms with Crippen LogP contribution in [0.2, 0.25) is 0 Å². The Labute approximate surface area is 106 Å². The summed E-state index contributed by atoms with van der Waals surface area (Å²) in [6.45, 7) is 1.93. The van der Waals surface area contributed by atoms with E-state index < -0.39 is 0 Å². The smallest absolute Gasteiger partial charge is 0.168 e. The third-order valence-electron chi connectivity index (χ3n) is 2.70. The Morgan fingerprint density at radius 1 is 1.28 bits per heavy atom. The van der Waals surface area contributed by atoms with Crippen molar-refractivity contribution in [2.24, 2.45) is 0 Å². The van der Waals surface area contributed by atoms with E-state index in [4.69, 9.17) is 4.74 Å². The van der Waals surface area contributed by atoms with Crippen molar-refractivity contribution in [2.75, 3.05) is 7.11 Å². The zero-order valence-electron chi connectivity index (χ0n) is 10.5. The van der Waals surface area contributed by atoms with E-state index in [-0.39, 0.29) is 5.78 Å². The van der Waals surface area contributed by atoms with Crippen molar-refractivity contribution in [2.45, 2.75) is 13.3 Å². The summed E-state index contributed by atoms with van der Waals surface area (Å²) < 4.78 is 5.14. The van der Waals surface area contributed by atoms with Crippen LogP contribution < -0.4 is 4.74 Å². The van der Waals surface area contributed by atoms with Crippen molar-refractivity contribution in [3.8, 4) is 5.75 Å². The first kappa shape index (κ1) is 12.3. The molecule has 0 amide bonds. The number of ketones is 1. The van der Waals surface area contributed by atoms with Crippen LogP contribution in [0.4, 0.5) is 0 Å². The fraction of sp³-hybridized carbons (Fsp3) is 0.200. The van der Waals surface area contributed by atoms with E-state index in [9.17, 15) is 4.79 Å². The first-order chi connectivity index (χ1) is 8.69. The zero-order valence-corrected chi connectivity index (χ0v) is 10.5. The Balaban J connectivity index is 2.16. The van der Waals surface area contributed by atoms with Crippen molar-refractivity contribution in [1.29, 1.82) is 0 Å². The molecule has 0 N–H and O–H groups in total. The average Bonchev–Trinajstić information content (AvgIpc) is 2.39. The van der Waals surface area contributed by atoms with E-state index in [2.05, 4.69) is 4.98 Å². The number of hydrogen-bond donors (Lipinski definition) is 0. The third-order valence-corrected chi connectivity index (χ3v) is 2.70. The molecule has 0 bridgehead atoms. The fourth-order valence-corrected chi connectivity index (χ4v) is 1.78. The van der Waals surface area contributed by atoms with Crippen LogP contribution >= 0.6 is 0 Å². The van der Waals surface area contributed by atoms with Crippen LogP contribution in [0, 0.1) is 6.92 Å². The summed E-state index contributed by atoms with van der Waals surface area (Å²) in [7, 11) is 1.62. The number of benzene rings is 1. The quantitative estimate of drug-likeness (QED) is 0.773. The number of rotatable bonds is 4. The van der Waals surface area contributed by atoms with Gasteiger partial charge in [0.15, 0.2) is 5.78 Å². The van der Waals surface area contributed by atoms with Crippen LogP contribution in [0.5, 0.6) is 5.75 Å². The van der Waals surface area contributed by atoms with E-state index in [0.717, 1.165) is 16.9 Å². The number of Topliss-reactive ketones (excluding diaryl/α,β-unsaturated/α-hetero) is 1. The second-order valence-electron chi connectivity index (χ2n) is 4.20. The lowest BCUT2D eigenvalue weighted by Crippen LogP contribution is -2.04. The molecule has 0 saturated carbocycles. The van der Waals surface area contributed by atoms with Gasteiger partial charge < -0.3 is 4.74 Å². The molecule has 0 aliphatic carbocycles. The van der Waals surface area contributed by atoms with E-state index in [1.807, 2.05) is 37.3 Å². The summed E-state index contributed by atoms with van der Waals surface area (Å²) in [6, 6.07) is 9.40. The molecule has 0 radical (unpaired) electrons. The highest BCUT2D eigenvalue weighted by atomic mass is 16.5. The van der Waals surface area contributed by atoms with Crippen molar-refractivity contribution in [1.82, 2.24) is 4.98 Å². The minimum Gasteiger partial charge on any atom is -0.497 e. The van der Waals surface area contributed by atoms with Gasteiger partial charge in [0, 0.05) is 24.4 Å². The molecule has 18 heavy (non-hydrogen) atoms. The lowest BCUT2D eigenvalue weighted by atomic mass is 10.0. The molecule has 2 rings (SSSR count). The molecule has 92 valence electrons. The van der Waals surface area contributed by atoms with Crippen LogP contribution in [0.1, 0.15) is 21.5 Å². The highest BCUT2D eigenvalue weighted by Crippen LogP contribution is 2.15. The predicted molar refractivity (Wildman–Crippen MR) is 70.0 cm³/mol. The van der Waals surface area contributed by atoms with Crippen LogP contribution in [0.25, 0.3) is 0 Å². The van der Waals surface area contributed by atoms with Crippen molar-refractivity contribution in [3.63, 3.8) is 0 Å². The Morgan fingerprint density at radius 2 is 2.11 bits per heavy atom. The van der Waals surface area contributed by atoms with E-state index >= 15 is 0 Å². The zero-order chi connectivity index (χ0) is 13.0. The second-order valence-corrected chi connectivity index (χ2v) is 4.20. The number of aryl methyl sites for hydroxylation is 1. The summed E-state index contributed by atoms with van der Waals surface area (Å²) in [5.41, 5.74) is 2.59. The number of aromatic nitrogens is 1. The van der Waals surface area contributed by atoms with Crippen molar-refractivity contribution in [3.05, 3.63) is 59.4 Å². The van der Waals surface area contributed by atoms with Gasteiger partial charge in [-0.3, -0.25) is 9.78 Å². The van der Waals surface area contributed by atoms with Gasteiger partial charge in [-0.2, -0.15) is 0 Å². The maximum absolute atomic E-state index is 12.1. The first-order valence-electron chi connectivity index (χ1n) is 5.77. The van der Waals surface area contributed by atoms with Gasteiger partial charge in [0.2, 0.25) is 0 Å². The van der Waals surface area contributed by atoms with E-state index in [0.29, 0.717) is 12.0 Å². The summed E-state index contributed by atoms with van der Waals surface area (Å²) in [5.74, 6) is 0.835. The number of carbonyl (C=O) groups is 1. The van der Waals surface area contributed by atoms with Gasteiger partial charge in [-0.1, -0.05) is 12.1 Å². The number of pyridine rings is 1. The molecule has 1 aromatic heterocycles. The Bertz CT molecular complexity index is 564. The SMILES string of the molecule is COc1cccc(CC(=O)c2cncc(C)c2)c1. The second kappa shape index (κ2) is 5.45. The summed E-state index contributed by atoms with van der Waals surface area (Å²) in [5, 5.41) is 0. The molecular formula is C15H15NO2. The first-order valence-corrected chi connectivity index (χ1v) is 5.77. The monoisotopic (exact) mass is 241 g/mol. The van der Waals surface area contributed by atoms with Gasteiger partial charge in [-0.15, -0.1) is 0 Å². The topological polar surface area (TPSA) is 39.2 Å².